The predicted molar refractivity (Wildman–Crippen MR) is 302 cm³/mol. The van der Waals surface area contributed by atoms with Gasteiger partial charge in [-0.15, -0.1) is 0 Å². The molecule has 8 bridgehead atoms. The number of aromatic nitrogens is 8. The van der Waals surface area contributed by atoms with Gasteiger partial charge in [0.1, 0.15) is 0 Å². The molecule has 3 aromatic heterocycles. The van der Waals surface area contributed by atoms with Gasteiger partial charge >= 0.3 is 335 Å². The second-order valence-electron chi connectivity index (χ2n) is 20.6. The van der Waals surface area contributed by atoms with E-state index in [9.17, 15) is 0 Å². The van der Waals surface area contributed by atoms with Gasteiger partial charge in [0.05, 0.1) is 0 Å². The van der Waals surface area contributed by atoms with E-state index in [4.69, 9.17) is 29.9 Å². The van der Waals surface area contributed by atoms with Crippen LogP contribution in [0, 0.1) is 0 Å². The Bertz CT molecular complexity index is 3060. The van der Waals surface area contributed by atoms with Gasteiger partial charge in [0.2, 0.25) is 0 Å². The number of allylic oxidation sites excluding steroid dienone is 2. The molecule has 2 aliphatic heterocycles. The van der Waals surface area contributed by atoms with Crippen LogP contribution in [0.3, 0.4) is 0 Å². The second-order valence-corrected chi connectivity index (χ2v) is 22.4. The fourth-order valence-corrected chi connectivity index (χ4v) is 12.6. The van der Waals surface area contributed by atoms with Crippen LogP contribution < -0.4 is 0 Å². The number of hydrogen-bond donors (Lipinski definition) is 2. The molecule has 376 valence electrons. The molecule has 0 radical (unpaired) electrons. The summed E-state index contributed by atoms with van der Waals surface area (Å²) in [5.41, 5.74) is 19.0. The third kappa shape index (κ3) is 11.5. The van der Waals surface area contributed by atoms with Crippen LogP contribution in [0.25, 0.3) is 84.5 Å². The summed E-state index contributed by atoms with van der Waals surface area (Å²) in [6, 6.07) is 17.4. The van der Waals surface area contributed by atoms with Crippen molar-refractivity contribution in [3.63, 3.8) is 0 Å². The van der Waals surface area contributed by atoms with E-state index < -0.39 is 0 Å². The van der Waals surface area contributed by atoms with Crippen molar-refractivity contribution in [1.29, 1.82) is 0 Å². The van der Waals surface area contributed by atoms with Crippen LogP contribution in [0.5, 0.6) is 0 Å². The standard InChI is InChI=1S/C63H82N8.Zn/c1-9-17-25-31-42(29-18-10-2)44(33-20-12-4)52-41-53-64-57-49-38-26-27-39-50(49)58(66-57)67-59-51-40-28-32-43(30-19-11-3)54(51)61(68-59)70-63-56-48(37-24-16-8)46(35-22-14-6)45(34-21-13-5)47(36-23-15-7)55(56)62(71-63)69-60(52)65-53;/h26-28,32,38-41H,9-25,29-30,33-37H2,1-8H3,(H2,64,65,66,67,68,69,70,71);/b44-42-;. The molecule has 8 nitrogen and oxygen atoms in total. The van der Waals surface area contributed by atoms with Crippen LogP contribution in [-0.2, 0) is 50.0 Å². The zero-order valence-electron chi connectivity index (χ0n) is 45.5. The van der Waals surface area contributed by atoms with E-state index >= 15 is 0 Å². The molecule has 72 heavy (non-hydrogen) atoms. The number of nitrogens with zero attached hydrogens (tertiary/aromatic N) is 6. The van der Waals surface area contributed by atoms with E-state index in [0.29, 0.717) is 11.6 Å². The number of fused-ring (bicyclic) bond motifs is 17. The number of unbranched alkanes of at least 4 members (excludes halogenated alkanes) is 8. The summed E-state index contributed by atoms with van der Waals surface area (Å²) in [5, 5.41) is 2.17. The quantitative estimate of drug-likeness (QED) is 0.0523. The van der Waals surface area contributed by atoms with Gasteiger partial charge in [-0.05, 0) is 24.8 Å². The molecule has 0 fully saturated rings. The topological polar surface area (TPSA) is 109 Å². The van der Waals surface area contributed by atoms with Crippen molar-refractivity contribution < 1.29 is 17.9 Å². The van der Waals surface area contributed by atoms with Crippen molar-refractivity contribution >= 4 is 43.0 Å². The maximum atomic E-state index is 5.93. The summed E-state index contributed by atoms with van der Waals surface area (Å²) in [7, 11) is 0. The molecule has 8 rings (SSSR count). The van der Waals surface area contributed by atoms with E-state index in [1.807, 2.05) is 0 Å². The summed E-state index contributed by atoms with van der Waals surface area (Å²) in [5.74, 6) is 2.87. The maximum absolute atomic E-state index is 5.93. The SMILES string of the molecule is CCCC[C](=[Zn])/C(CCCC)=C(/CCCC)c1cc2nc3nc(nc4[nH]c(nc5nc(nc1[nH]2)-c1c(CCCC)c(CCCC)c(CCCC)c(CCCC)c1-5)c1c(CCCC)cccc41)-c1ccccc1-3. The van der Waals surface area contributed by atoms with Crippen molar-refractivity contribution in [3.05, 3.63) is 87.5 Å². The van der Waals surface area contributed by atoms with Crippen molar-refractivity contribution in [1.82, 2.24) is 39.9 Å². The molecule has 0 spiro atoms. The van der Waals surface area contributed by atoms with Crippen LogP contribution >= 0.6 is 0 Å². The van der Waals surface area contributed by atoms with E-state index in [0.717, 1.165) is 197 Å². The first-order valence-electron chi connectivity index (χ1n) is 28.7. The van der Waals surface area contributed by atoms with Gasteiger partial charge in [0.25, 0.3) is 0 Å². The number of hydrogen-bond acceptors (Lipinski definition) is 6. The number of nitrogens with one attached hydrogen (secondary N) is 2. The molecular formula is C63H82N8Zn. The van der Waals surface area contributed by atoms with Gasteiger partial charge in [-0.1, -0.05) is 78.5 Å². The van der Waals surface area contributed by atoms with Crippen LogP contribution in [0.4, 0.5) is 0 Å². The first-order valence-corrected chi connectivity index (χ1v) is 30.2. The normalized spacial score (nSPS) is 12.4. The molecule has 3 aromatic carbocycles. The number of benzene rings is 3. The molecule has 5 heterocycles. The number of rotatable bonds is 26. The van der Waals surface area contributed by atoms with Crippen molar-refractivity contribution in [2.75, 3.05) is 0 Å². The zero-order chi connectivity index (χ0) is 50.6. The Balaban J connectivity index is 1.62. The average Bonchev–Trinajstić information content (AvgIpc) is 4.15. The van der Waals surface area contributed by atoms with Crippen molar-refractivity contribution in [2.45, 2.75) is 209 Å². The average molecular weight is 1020 g/mol. The molecule has 0 amide bonds. The van der Waals surface area contributed by atoms with E-state index in [2.05, 4.69) is 114 Å². The van der Waals surface area contributed by atoms with E-state index in [1.165, 1.54) is 70.5 Å². The van der Waals surface area contributed by atoms with Gasteiger partial charge in [0, 0.05) is 5.39 Å². The van der Waals surface area contributed by atoms with Crippen LogP contribution in [0.1, 0.15) is 211 Å². The summed E-state index contributed by atoms with van der Waals surface area (Å²) in [4.78, 5) is 41.4. The van der Waals surface area contributed by atoms with Crippen LogP contribution in [0.2, 0.25) is 0 Å². The van der Waals surface area contributed by atoms with Crippen molar-refractivity contribution in [3.8, 4) is 45.6 Å². The van der Waals surface area contributed by atoms with Crippen LogP contribution in [0.15, 0.2) is 54.1 Å². The Hall–Kier alpha value is -5.01. The minimum atomic E-state index is 0.652. The van der Waals surface area contributed by atoms with Gasteiger partial charge < -0.3 is 0 Å². The third-order valence-electron chi connectivity index (χ3n) is 15.2. The molecule has 2 N–H and O–H groups in total. The number of aryl methyl sites for hydroxylation is 1. The molecule has 0 saturated carbocycles. The van der Waals surface area contributed by atoms with Gasteiger partial charge in [-0.3, -0.25) is 0 Å². The molecule has 0 unspecified atom stereocenters. The molecular weight excluding hydrogens is 934 g/mol. The summed E-state index contributed by atoms with van der Waals surface area (Å²) >= 11 is 1.18. The number of H-pyrrole nitrogens is 2. The van der Waals surface area contributed by atoms with E-state index in [1.54, 1.807) is 20.8 Å². The Morgan fingerprint density at radius 2 is 0.944 bits per heavy atom. The van der Waals surface area contributed by atoms with Gasteiger partial charge in [-0.2, -0.15) is 0 Å². The summed E-state index contributed by atoms with van der Waals surface area (Å²) in [6.45, 7) is 18.6. The first kappa shape index (κ1) is 53.3. The van der Waals surface area contributed by atoms with Crippen molar-refractivity contribution in [2.24, 2.45) is 0 Å². The minimum absolute atomic E-state index is 0.652. The Labute approximate surface area is 440 Å². The first-order chi connectivity index (χ1) is 35.3. The molecule has 0 saturated heterocycles. The fraction of sp³-hybridized carbons (Fsp3) is 0.508. The molecule has 6 aromatic rings. The van der Waals surface area contributed by atoms with Crippen LogP contribution in [-0.4, -0.2) is 44.0 Å². The third-order valence-corrected chi connectivity index (χ3v) is 16.8. The Morgan fingerprint density at radius 1 is 0.444 bits per heavy atom. The van der Waals surface area contributed by atoms with Gasteiger partial charge in [-0.25, -0.2) is 0 Å². The monoisotopic (exact) mass is 1010 g/mol. The molecule has 0 atom stereocenters. The Kier molecular flexibility index (Phi) is 19.1. The molecule has 9 heteroatoms. The molecule has 2 aliphatic rings. The van der Waals surface area contributed by atoms with E-state index in [-0.39, 0.29) is 0 Å². The second kappa shape index (κ2) is 25.8. The Morgan fingerprint density at radius 3 is 1.54 bits per heavy atom. The summed E-state index contributed by atoms with van der Waals surface area (Å²) in [6.07, 6.45) is 26.6. The fourth-order valence-electron chi connectivity index (χ4n) is 11.2. The summed E-state index contributed by atoms with van der Waals surface area (Å²) < 4.78 is 1.63. The predicted octanol–water partition coefficient (Wildman–Crippen LogP) is 17.5. The molecule has 0 aliphatic carbocycles. The van der Waals surface area contributed by atoms with Gasteiger partial charge in [0.15, 0.2) is 0 Å². The zero-order valence-corrected chi connectivity index (χ0v) is 48.4. The number of aromatic amines is 2.